The number of aromatic amines is 1. The SMILES string of the molecule is Fc1cc(F)cc(-c2n[nH]c(CNc3nc(N4CCOCC4)nc4c(C(F)(F)F)cnn34)n2)c1. The molecule has 0 aliphatic carbocycles. The van der Waals surface area contributed by atoms with Gasteiger partial charge < -0.3 is 15.0 Å². The van der Waals surface area contributed by atoms with E-state index in [4.69, 9.17) is 4.74 Å². The Hall–Kier alpha value is -3.88. The normalized spacial score (nSPS) is 14.7. The van der Waals surface area contributed by atoms with Crippen LogP contribution in [0.3, 0.4) is 0 Å². The Kier molecular flexibility index (Phi) is 5.47. The van der Waals surface area contributed by atoms with Crippen molar-refractivity contribution in [3.8, 4) is 11.4 Å². The van der Waals surface area contributed by atoms with Crippen molar-refractivity contribution in [3.63, 3.8) is 0 Å². The Morgan fingerprint density at radius 1 is 1.03 bits per heavy atom. The van der Waals surface area contributed by atoms with Gasteiger partial charge in [0.1, 0.15) is 23.0 Å². The van der Waals surface area contributed by atoms with Crippen LogP contribution < -0.4 is 10.2 Å². The lowest BCUT2D eigenvalue weighted by Gasteiger charge is -2.27. The molecule has 4 aromatic rings. The zero-order chi connectivity index (χ0) is 23.9. The molecule has 1 aliphatic heterocycles. The number of rotatable bonds is 5. The van der Waals surface area contributed by atoms with Crippen molar-refractivity contribution in [2.24, 2.45) is 0 Å². The lowest BCUT2D eigenvalue weighted by atomic mass is 10.2. The van der Waals surface area contributed by atoms with Crippen molar-refractivity contribution in [1.82, 2.24) is 34.8 Å². The summed E-state index contributed by atoms with van der Waals surface area (Å²) < 4.78 is 73.6. The molecular weight excluding hydrogens is 465 g/mol. The molecule has 0 unspecified atom stereocenters. The van der Waals surface area contributed by atoms with E-state index >= 15 is 0 Å². The highest BCUT2D eigenvalue weighted by Gasteiger charge is 2.36. The molecule has 0 amide bonds. The monoisotopic (exact) mass is 481 g/mol. The van der Waals surface area contributed by atoms with E-state index in [0.29, 0.717) is 32.5 Å². The van der Waals surface area contributed by atoms with Gasteiger partial charge in [-0.25, -0.2) is 13.8 Å². The van der Waals surface area contributed by atoms with E-state index in [9.17, 15) is 22.0 Å². The van der Waals surface area contributed by atoms with Crippen molar-refractivity contribution in [3.05, 3.63) is 47.4 Å². The molecule has 0 atom stereocenters. The second-order valence-corrected chi connectivity index (χ2v) is 7.36. The summed E-state index contributed by atoms with van der Waals surface area (Å²) in [4.78, 5) is 14.3. The lowest BCUT2D eigenvalue weighted by Crippen LogP contribution is -2.37. The van der Waals surface area contributed by atoms with E-state index in [1.807, 2.05) is 0 Å². The molecule has 5 rings (SSSR count). The second-order valence-electron chi connectivity index (χ2n) is 7.36. The van der Waals surface area contributed by atoms with Gasteiger partial charge in [-0.05, 0) is 12.1 Å². The molecule has 10 nitrogen and oxygen atoms in total. The first-order valence-electron chi connectivity index (χ1n) is 10.1. The average Bonchev–Trinajstić information content (AvgIpc) is 3.44. The van der Waals surface area contributed by atoms with Crippen molar-refractivity contribution in [2.45, 2.75) is 12.7 Å². The van der Waals surface area contributed by atoms with E-state index in [-0.39, 0.29) is 35.7 Å². The first kappa shape index (κ1) is 21.9. The molecule has 2 N–H and O–H groups in total. The number of hydrogen-bond donors (Lipinski definition) is 2. The van der Waals surface area contributed by atoms with Gasteiger partial charge >= 0.3 is 6.18 Å². The van der Waals surface area contributed by atoms with E-state index in [2.05, 4.69) is 35.6 Å². The second kappa shape index (κ2) is 8.48. The van der Waals surface area contributed by atoms with Crippen LogP contribution in [0.2, 0.25) is 0 Å². The summed E-state index contributed by atoms with van der Waals surface area (Å²) in [5.74, 6) is -1.16. The molecule has 178 valence electrons. The molecule has 15 heteroatoms. The van der Waals surface area contributed by atoms with Gasteiger partial charge in [0.15, 0.2) is 11.5 Å². The maximum absolute atomic E-state index is 13.5. The van der Waals surface area contributed by atoms with Crippen molar-refractivity contribution >= 4 is 17.5 Å². The van der Waals surface area contributed by atoms with Crippen LogP contribution >= 0.6 is 0 Å². The fourth-order valence-electron chi connectivity index (χ4n) is 3.43. The van der Waals surface area contributed by atoms with Gasteiger partial charge in [-0.15, -0.1) is 0 Å². The number of benzene rings is 1. The Balaban J connectivity index is 1.45. The number of halogens is 5. The molecule has 0 saturated carbocycles. The van der Waals surface area contributed by atoms with Crippen LogP contribution in [0.25, 0.3) is 17.0 Å². The summed E-state index contributed by atoms with van der Waals surface area (Å²) in [5, 5.41) is 13.2. The fraction of sp³-hybridized carbons (Fsp3) is 0.316. The number of fused-ring (bicyclic) bond motifs is 1. The highest BCUT2D eigenvalue weighted by atomic mass is 19.4. The largest absolute Gasteiger partial charge is 0.421 e. The summed E-state index contributed by atoms with van der Waals surface area (Å²) >= 11 is 0. The number of nitrogens with one attached hydrogen (secondary N) is 2. The topological polar surface area (TPSA) is 109 Å². The number of aromatic nitrogens is 7. The Morgan fingerprint density at radius 3 is 2.47 bits per heavy atom. The third-order valence-corrected chi connectivity index (χ3v) is 5.02. The zero-order valence-electron chi connectivity index (χ0n) is 17.3. The minimum atomic E-state index is -4.66. The molecule has 34 heavy (non-hydrogen) atoms. The Morgan fingerprint density at radius 2 is 1.76 bits per heavy atom. The molecule has 1 saturated heterocycles. The molecule has 3 aromatic heterocycles. The van der Waals surface area contributed by atoms with Gasteiger partial charge in [-0.2, -0.15) is 37.9 Å². The number of anilines is 2. The van der Waals surface area contributed by atoms with Gasteiger partial charge in [0.25, 0.3) is 0 Å². The minimum Gasteiger partial charge on any atom is -0.378 e. The number of morpholine rings is 1. The van der Waals surface area contributed by atoms with Crippen molar-refractivity contribution in [2.75, 3.05) is 36.5 Å². The van der Waals surface area contributed by atoms with E-state index < -0.39 is 29.0 Å². The van der Waals surface area contributed by atoms with Crippen molar-refractivity contribution in [1.29, 1.82) is 0 Å². The number of H-pyrrole nitrogens is 1. The number of nitrogens with zero attached hydrogens (tertiary/aromatic N) is 7. The zero-order valence-corrected chi connectivity index (χ0v) is 17.3. The van der Waals surface area contributed by atoms with Crippen molar-refractivity contribution < 1.29 is 26.7 Å². The quantitative estimate of drug-likeness (QED) is 0.419. The highest BCUT2D eigenvalue weighted by Crippen LogP contribution is 2.33. The molecule has 0 bridgehead atoms. The van der Waals surface area contributed by atoms with Crippen LogP contribution in [0, 0.1) is 11.6 Å². The van der Waals surface area contributed by atoms with Crippen LogP contribution in [0.5, 0.6) is 0 Å². The minimum absolute atomic E-state index is 0.00302. The smallest absolute Gasteiger partial charge is 0.378 e. The first-order chi connectivity index (χ1) is 16.3. The maximum Gasteiger partial charge on any atom is 0.421 e. The summed E-state index contributed by atoms with van der Waals surface area (Å²) in [5.41, 5.74) is -1.27. The third kappa shape index (κ3) is 4.33. The number of hydrogen-bond acceptors (Lipinski definition) is 8. The summed E-state index contributed by atoms with van der Waals surface area (Å²) in [6.45, 7) is 1.58. The lowest BCUT2D eigenvalue weighted by molar-refractivity contribution is -0.136. The third-order valence-electron chi connectivity index (χ3n) is 5.02. The summed E-state index contributed by atoms with van der Waals surface area (Å²) in [6.07, 6.45) is -3.97. The van der Waals surface area contributed by atoms with Crippen LogP contribution in [-0.2, 0) is 17.5 Å². The fourth-order valence-corrected chi connectivity index (χ4v) is 3.43. The Bertz CT molecular complexity index is 1310. The van der Waals surface area contributed by atoms with Crippen LogP contribution in [-0.4, -0.2) is 61.1 Å². The van der Waals surface area contributed by atoms with E-state index in [1.165, 1.54) is 0 Å². The molecule has 1 aromatic carbocycles. The molecule has 4 heterocycles. The number of ether oxygens (including phenoxy) is 1. The highest BCUT2D eigenvalue weighted by molar-refractivity contribution is 5.57. The predicted octanol–water partition coefficient (Wildman–Crippen LogP) is 2.66. The molecule has 0 radical (unpaired) electrons. The maximum atomic E-state index is 13.5. The summed E-state index contributed by atoms with van der Waals surface area (Å²) in [7, 11) is 0. The Labute approximate surface area is 187 Å². The van der Waals surface area contributed by atoms with Gasteiger partial charge in [0.2, 0.25) is 11.9 Å². The van der Waals surface area contributed by atoms with Crippen LogP contribution in [0.1, 0.15) is 11.4 Å². The first-order valence-corrected chi connectivity index (χ1v) is 10.1. The molecule has 0 spiro atoms. The van der Waals surface area contributed by atoms with Gasteiger partial charge in [-0.1, -0.05) is 0 Å². The number of alkyl halides is 3. The van der Waals surface area contributed by atoms with Crippen LogP contribution in [0.4, 0.5) is 33.8 Å². The predicted molar refractivity (Wildman–Crippen MR) is 108 cm³/mol. The van der Waals surface area contributed by atoms with E-state index in [0.717, 1.165) is 22.7 Å². The molecular formula is C19H16F5N9O. The van der Waals surface area contributed by atoms with Crippen LogP contribution in [0.15, 0.2) is 24.4 Å². The van der Waals surface area contributed by atoms with Gasteiger partial charge in [-0.3, -0.25) is 5.10 Å². The average molecular weight is 481 g/mol. The standard InChI is InChI=1S/C19H16F5N9O/c20-11-5-10(6-12(21)7-11)15-27-14(30-31-15)9-25-17-29-18(32-1-3-34-4-2-32)28-16-13(19(22,23)24)8-26-33(16)17/h5-8H,1-4,9H2,(H,25,28,29)(H,27,30,31). The molecule has 1 aliphatic rings. The van der Waals surface area contributed by atoms with E-state index in [1.54, 1.807) is 4.90 Å². The van der Waals surface area contributed by atoms with Gasteiger partial charge in [0, 0.05) is 24.7 Å². The molecule has 1 fully saturated rings. The van der Waals surface area contributed by atoms with Gasteiger partial charge in [0.05, 0.1) is 26.0 Å². The summed E-state index contributed by atoms with van der Waals surface area (Å²) in [6, 6.07) is 2.88.